The van der Waals surface area contributed by atoms with Crippen molar-refractivity contribution in [3.8, 4) is 0 Å². The van der Waals surface area contributed by atoms with Crippen LogP contribution in [-0.2, 0) is 9.53 Å². The highest BCUT2D eigenvalue weighted by molar-refractivity contribution is 7.79. The summed E-state index contributed by atoms with van der Waals surface area (Å²) in [6.07, 6.45) is 3.92. The molecular weight excluding hydrogens is 312 g/mol. The average Bonchev–Trinajstić information content (AvgIpc) is 2.96. The van der Waals surface area contributed by atoms with E-state index in [1.807, 2.05) is 20.8 Å². The Morgan fingerprint density at radius 2 is 1.96 bits per heavy atom. The lowest BCUT2D eigenvalue weighted by Gasteiger charge is -2.34. The number of amides is 1. The Labute approximate surface area is 143 Å². The molecule has 23 heavy (non-hydrogen) atoms. The van der Waals surface area contributed by atoms with Crippen molar-refractivity contribution in [2.45, 2.75) is 58.5 Å². The predicted molar refractivity (Wildman–Crippen MR) is 93.9 cm³/mol. The van der Waals surface area contributed by atoms with Crippen LogP contribution in [0.1, 0.15) is 46.5 Å². The van der Waals surface area contributed by atoms with Crippen molar-refractivity contribution >= 4 is 29.1 Å². The average molecular weight is 342 g/mol. The minimum absolute atomic E-state index is 0.0341. The van der Waals surface area contributed by atoms with E-state index in [1.165, 1.54) is 0 Å². The van der Waals surface area contributed by atoms with E-state index >= 15 is 0 Å². The summed E-state index contributed by atoms with van der Waals surface area (Å²) in [5, 5.41) is 3.08. The van der Waals surface area contributed by atoms with E-state index in [1.54, 1.807) is 0 Å². The van der Waals surface area contributed by atoms with Crippen LogP contribution in [0.5, 0.6) is 0 Å². The lowest BCUT2D eigenvalue weighted by atomic mass is 9.95. The van der Waals surface area contributed by atoms with Gasteiger partial charge in [-0.1, -0.05) is 20.8 Å². The molecular formula is C16H29N4O2S+. The summed E-state index contributed by atoms with van der Waals surface area (Å²) in [7, 11) is 0. The summed E-state index contributed by atoms with van der Waals surface area (Å²) in [6, 6.07) is 0.337. The second kappa shape index (κ2) is 7.68. The minimum atomic E-state index is -0.212. The first-order chi connectivity index (χ1) is 10.8. The summed E-state index contributed by atoms with van der Waals surface area (Å²) in [5.74, 6) is 0.517. The van der Waals surface area contributed by atoms with Gasteiger partial charge < -0.3 is 10.5 Å². The van der Waals surface area contributed by atoms with Gasteiger partial charge in [-0.2, -0.15) is 0 Å². The maximum absolute atomic E-state index is 12.6. The van der Waals surface area contributed by atoms with Crippen LogP contribution in [0, 0.1) is 5.41 Å². The van der Waals surface area contributed by atoms with Crippen LogP contribution in [-0.4, -0.2) is 53.6 Å². The number of carbonyl (C=O) groups is 1. The van der Waals surface area contributed by atoms with Gasteiger partial charge in [0.15, 0.2) is 5.84 Å². The van der Waals surface area contributed by atoms with Gasteiger partial charge in [0, 0.05) is 24.7 Å². The van der Waals surface area contributed by atoms with Crippen molar-refractivity contribution in [3.05, 3.63) is 0 Å². The third-order valence-corrected chi connectivity index (χ3v) is 4.75. The smallest absolute Gasteiger partial charge is 0.298 e. The first-order valence-electron chi connectivity index (χ1n) is 8.37. The standard InChI is InChI=1S/C16H28N4O2S/c1-16(2,3)14(17)19-15(23)18-13(21)12-5-4-8-20(12)11-6-9-22-10-7-11/h11-12H,4-10H2,1-3H3,(H3,17,18,19,21,23)/p+1/t12-/m0/s1. The third-order valence-electron chi connectivity index (χ3n) is 4.55. The molecule has 130 valence electrons. The number of ether oxygens (including phenoxy) is 1. The lowest BCUT2D eigenvalue weighted by molar-refractivity contribution is -0.322. The van der Waals surface area contributed by atoms with Crippen molar-refractivity contribution in [1.82, 2.24) is 10.2 Å². The molecule has 0 aromatic heterocycles. The molecule has 1 atom stereocenters. The van der Waals surface area contributed by atoms with Crippen LogP contribution in [0.15, 0.2) is 0 Å². The van der Waals surface area contributed by atoms with Gasteiger partial charge in [-0.15, -0.1) is 0 Å². The number of thiocarbonyl (C=S) groups is 1. The number of nitrogens with zero attached hydrogens (tertiary/aromatic N) is 1. The largest absolute Gasteiger partial charge is 0.381 e. The van der Waals surface area contributed by atoms with Crippen LogP contribution in [0.25, 0.3) is 0 Å². The van der Waals surface area contributed by atoms with E-state index in [-0.39, 0.29) is 22.5 Å². The molecule has 0 radical (unpaired) electrons. The van der Waals surface area contributed by atoms with E-state index in [2.05, 4.69) is 15.2 Å². The van der Waals surface area contributed by atoms with Crippen LogP contribution in [0.2, 0.25) is 0 Å². The molecule has 1 amide bonds. The zero-order valence-corrected chi connectivity index (χ0v) is 15.2. The van der Waals surface area contributed by atoms with Gasteiger partial charge in [-0.3, -0.25) is 9.69 Å². The zero-order valence-electron chi connectivity index (χ0n) is 14.4. The number of hydrogen-bond acceptors (Lipinski definition) is 4. The molecule has 4 N–H and O–H groups in total. The molecule has 2 aliphatic heterocycles. The highest BCUT2D eigenvalue weighted by atomic mass is 32.1. The van der Waals surface area contributed by atoms with Gasteiger partial charge in [0.05, 0.1) is 0 Å². The molecule has 0 aromatic rings. The van der Waals surface area contributed by atoms with Gasteiger partial charge in [-0.25, -0.2) is 10.3 Å². The van der Waals surface area contributed by atoms with Gasteiger partial charge in [0.1, 0.15) is 6.04 Å². The SMILES string of the molecule is CC(C)(C)/C(N)=[NH+]/C(=S)NC(=O)[C@@H]1CCCN1C1CCOCC1. The molecule has 7 heteroatoms. The van der Waals surface area contributed by atoms with E-state index in [0.717, 1.165) is 45.4 Å². The van der Waals surface area contributed by atoms with Crippen LogP contribution in [0.4, 0.5) is 0 Å². The monoisotopic (exact) mass is 341 g/mol. The quantitative estimate of drug-likeness (QED) is 0.359. The Balaban J connectivity index is 1.95. The number of nitrogens with one attached hydrogen (secondary N) is 2. The summed E-state index contributed by atoms with van der Waals surface area (Å²) in [4.78, 5) is 17.8. The number of carbonyl (C=O) groups excluding carboxylic acids is 1. The fourth-order valence-corrected chi connectivity index (χ4v) is 3.27. The fraction of sp³-hybridized carbons (Fsp3) is 0.812. The lowest BCUT2D eigenvalue weighted by Crippen LogP contribution is -2.85. The Morgan fingerprint density at radius 3 is 2.57 bits per heavy atom. The maximum Gasteiger partial charge on any atom is 0.298 e. The maximum atomic E-state index is 12.6. The molecule has 2 aliphatic rings. The number of hydrogen-bond donors (Lipinski definition) is 3. The van der Waals surface area contributed by atoms with Crippen LogP contribution >= 0.6 is 12.2 Å². The third kappa shape index (κ3) is 4.96. The topological polar surface area (TPSA) is 81.6 Å². The second-order valence-electron chi connectivity index (χ2n) is 7.35. The van der Waals surface area contributed by atoms with Gasteiger partial charge in [-0.05, 0) is 44.4 Å². The van der Waals surface area contributed by atoms with Crippen molar-refractivity contribution in [2.24, 2.45) is 11.1 Å². The van der Waals surface area contributed by atoms with Crippen molar-refractivity contribution in [3.63, 3.8) is 0 Å². The van der Waals surface area contributed by atoms with Crippen molar-refractivity contribution in [2.75, 3.05) is 19.8 Å². The fourth-order valence-electron chi connectivity index (χ4n) is 3.06. The van der Waals surface area contributed by atoms with Crippen LogP contribution in [0.3, 0.4) is 0 Å². The van der Waals surface area contributed by atoms with E-state index < -0.39 is 0 Å². The Hall–Kier alpha value is -1.05. The van der Waals surface area contributed by atoms with Gasteiger partial charge >= 0.3 is 0 Å². The molecule has 0 unspecified atom stereocenters. The van der Waals surface area contributed by atoms with Crippen molar-refractivity contribution in [1.29, 1.82) is 0 Å². The van der Waals surface area contributed by atoms with E-state index in [0.29, 0.717) is 11.9 Å². The molecule has 2 fully saturated rings. The number of nitrogens with two attached hydrogens (primary N) is 1. The predicted octanol–water partition coefficient (Wildman–Crippen LogP) is -0.485. The highest BCUT2D eigenvalue weighted by Gasteiger charge is 2.37. The highest BCUT2D eigenvalue weighted by Crippen LogP contribution is 2.25. The molecule has 0 aliphatic carbocycles. The normalized spacial score (nSPS) is 24.7. The molecule has 0 saturated carbocycles. The Kier molecular flexibility index (Phi) is 6.11. The second-order valence-corrected chi connectivity index (χ2v) is 7.75. The first kappa shape index (κ1) is 18.3. The summed E-state index contributed by atoms with van der Waals surface area (Å²) in [5.41, 5.74) is 5.76. The summed E-state index contributed by atoms with van der Waals surface area (Å²) >= 11 is 5.22. The molecule has 0 bridgehead atoms. The molecule has 2 saturated heterocycles. The Bertz CT molecular complexity index is 481. The molecule has 2 rings (SSSR count). The molecule has 2 heterocycles. The molecule has 0 aromatic carbocycles. The van der Waals surface area contributed by atoms with Gasteiger partial charge in [0.25, 0.3) is 11.0 Å². The molecule has 0 spiro atoms. The van der Waals surface area contributed by atoms with Crippen molar-refractivity contribution < 1.29 is 14.5 Å². The van der Waals surface area contributed by atoms with E-state index in [9.17, 15) is 4.79 Å². The zero-order chi connectivity index (χ0) is 17.0. The van der Waals surface area contributed by atoms with Gasteiger partial charge in [0.2, 0.25) is 0 Å². The number of rotatable bonds is 2. The number of likely N-dealkylation sites (tertiary alicyclic amines) is 1. The minimum Gasteiger partial charge on any atom is -0.381 e. The summed E-state index contributed by atoms with van der Waals surface area (Å²) < 4.78 is 5.42. The first-order valence-corrected chi connectivity index (χ1v) is 8.78. The summed E-state index contributed by atoms with van der Waals surface area (Å²) in [6.45, 7) is 8.51. The number of amidine groups is 1. The Morgan fingerprint density at radius 1 is 1.30 bits per heavy atom. The molecule has 6 nitrogen and oxygen atoms in total. The van der Waals surface area contributed by atoms with E-state index in [4.69, 9.17) is 22.7 Å². The van der Waals surface area contributed by atoms with Crippen LogP contribution < -0.4 is 16.0 Å².